The van der Waals surface area contributed by atoms with Crippen LogP contribution in [0.15, 0.2) is 0 Å². The SMILES string of the molecule is CCNCC(C)(F)NCC(C)(F)NCC. The Morgan fingerprint density at radius 1 is 0.867 bits per heavy atom. The van der Waals surface area contributed by atoms with Crippen molar-refractivity contribution in [3.63, 3.8) is 0 Å². The fraction of sp³-hybridized carbons (Fsp3) is 1.00. The lowest BCUT2D eigenvalue weighted by molar-refractivity contribution is 0.0759. The molecule has 0 heterocycles. The second kappa shape index (κ2) is 6.35. The number of hydrogen-bond donors (Lipinski definition) is 3. The van der Waals surface area contributed by atoms with E-state index in [9.17, 15) is 8.78 Å². The summed E-state index contributed by atoms with van der Waals surface area (Å²) in [6.07, 6.45) is 0. The van der Waals surface area contributed by atoms with Gasteiger partial charge in [0.05, 0.1) is 0 Å². The molecule has 0 amide bonds. The second-order valence-electron chi connectivity index (χ2n) is 4.06. The molecule has 0 saturated carbocycles. The van der Waals surface area contributed by atoms with Crippen LogP contribution in [0, 0.1) is 0 Å². The standard InChI is InChI=1S/C10H23F2N3/c1-5-13-7-9(3,11)15-8-10(4,12)14-6-2/h13-15H,5-8H2,1-4H3. The Hall–Kier alpha value is -0.260. The minimum atomic E-state index is -1.58. The molecule has 0 saturated heterocycles. The van der Waals surface area contributed by atoms with Gasteiger partial charge in [-0.2, -0.15) is 0 Å². The third-order valence-corrected chi connectivity index (χ3v) is 2.04. The van der Waals surface area contributed by atoms with E-state index >= 15 is 0 Å². The molecule has 2 atom stereocenters. The van der Waals surface area contributed by atoms with Gasteiger partial charge >= 0.3 is 0 Å². The lowest BCUT2D eigenvalue weighted by Gasteiger charge is -2.28. The van der Waals surface area contributed by atoms with Crippen LogP contribution >= 0.6 is 0 Å². The summed E-state index contributed by atoms with van der Waals surface area (Å²) in [5.74, 6) is -3.16. The zero-order chi connectivity index (χ0) is 11.9. The van der Waals surface area contributed by atoms with Crippen molar-refractivity contribution >= 4 is 0 Å². The zero-order valence-electron chi connectivity index (χ0n) is 10.1. The first-order chi connectivity index (χ1) is 6.83. The van der Waals surface area contributed by atoms with Crippen molar-refractivity contribution in [2.24, 2.45) is 0 Å². The molecular weight excluding hydrogens is 200 g/mol. The van der Waals surface area contributed by atoms with Crippen LogP contribution in [0.25, 0.3) is 0 Å². The highest BCUT2D eigenvalue weighted by atomic mass is 19.2. The third kappa shape index (κ3) is 7.64. The average molecular weight is 223 g/mol. The number of rotatable bonds is 8. The molecule has 0 bridgehead atoms. The van der Waals surface area contributed by atoms with Gasteiger partial charge < -0.3 is 5.32 Å². The Kier molecular flexibility index (Phi) is 6.24. The van der Waals surface area contributed by atoms with E-state index in [4.69, 9.17) is 0 Å². The first-order valence-corrected chi connectivity index (χ1v) is 5.41. The van der Waals surface area contributed by atoms with E-state index in [1.165, 1.54) is 13.8 Å². The molecular formula is C10H23F2N3. The van der Waals surface area contributed by atoms with Crippen molar-refractivity contribution in [3.8, 4) is 0 Å². The Labute approximate surface area is 91.0 Å². The van der Waals surface area contributed by atoms with Gasteiger partial charge in [-0.1, -0.05) is 13.8 Å². The summed E-state index contributed by atoms with van der Waals surface area (Å²) in [5, 5.41) is 8.06. The topological polar surface area (TPSA) is 36.1 Å². The highest BCUT2D eigenvalue weighted by Crippen LogP contribution is 2.08. The predicted octanol–water partition coefficient (Wildman–Crippen LogP) is 1.17. The van der Waals surface area contributed by atoms with Crippen LogP contribution in [0.2, 0.25) is 0 Å². The number of nitrogens with one attached hydrogen (secondary N) is 3. The van der Waals surface area contributed by atoms with Crippen LogP contribution in [-0.4, -0.2) is 37.8 Å². The van der Waals surface area contributed by atoms with Gasteiger partial charge in [-0.25, -0.2) is 8.78 Å². The average Bonchev–Trinajstić information content (AvgIpc) is 2.12. The van der Waals surface area contributed by atoms with E-state index in [0.717, 1.165) is 0 Å². The predicted molar refractivity (Wildman–Crippen MR) is 59.2 cm³/mol. The summed E-state index contributed by atoms with van der Waals surface area (Å²) in [4.78, 5) is 0. The van der Waals surface area contributed by atoms with Crippen molar-refractivity contribution in [2.75, 3.05) is 26.2 Å². The summed E-state index contributed by atoms with van der Waals surface area (Å²) >= 11 is 0. The highest BCUT2D eigenvalue weighted by Gasteiger charge is 2.28. The first-order valence-electron chi connectivity index (χ1n) is 5.41. The van der Waals surface area contributed by atoms with Gasteiger partial charge in [0.2, 0.25) is 0 Å². The maximum Gasteiger partial charge on any atom is 0.171 e. The Morgan fingerprint density at radius 2 is 1.40 bits per heavy atom. The lowest BCUT2D eigenvalue weighted by Crippen LogP contribution is -2.54. The quantitative estimate of drug-likeness (QED) is 0.541. The molecule has 0 spiro atoms. The van der Waals surface area contributed by atoms with E-state index < -0.39 is 11.6 Å². The van der Waals surface area contributed by atoms with Gasteiger partial charge in [0, 0.05) is 13.1 Å². The molecule has 3 nitrogen and oxygen atoms in total. The maximum absolute atomic E-state index is 13.7. The molecule has 0 aromatic carbocycles. The van der Waals surface area contributed by atoms with Gasteiger partial charge in [0.25, 0.3) is 0 Å². The van der Waals surface area contributed by atoms with Crippen molar-refractivity contribution in [2.45, 2.75) is 39.3 Å². The monoisotopic (exact) mass is 223 g/mol. The minimum Gasteiger partial charge on any atom is -0.313 e. The van der Waals surface area contributed by atoms with Gasteiger partial charge in [0.15, 0.2) is 11.6 Å². The minimum absolute atomic E-state index is 0.0563. The molecule has 0 aliphatic rings. The van der Waals surface area contributed by atoms with E-state index in [0.29, 0.717) is 13.1 Å². The van der Waals surface area contributed by atoms with Gasteiger partial charge in [-0.3, -0.25) is 10.6 Å². The molecule has 0 aliphatic carbocycles. The van der Waals surface area contributed by atoms with Crippen molar-refractivity contribution in [1.82, 2.24) is 16.0 Å². The molecule has 0 aromatic heterocycles. The number of alkyl halides is 2. The van der Waals surface area contributed by atoms with E-state index in [-0.39, 0.29) is 13.1 Å². The summed E-state index contributed by atoms with van der Waals surface area (Å²) in [6, 6.07) is 0. The number of halogens is 2. The molecule has 0 fully saturated rings. The normalized spacial score (nSPS) is 19.6. The first kappa shape index (κ1) is 14.7. The maximum atomic E-state index is 13.7. The fourth-order valence-electron chi connectivity index (χ4n) is 1.20. The second-order valence-corrected chi connectivity index (χ2v) is 4.06. The van der Waals surface area contributed by atoms with Crippen molar-refractivity contribution in [1.29, 1.82) is 0 Å². The summed E-state index contributed by atoms with van der Waals surface area (Å²) in [5.41, 5.74) is 0. The Bertz CT molecular complexity index is 172. The van der Waals surface area contributed by atoms with E-state index in [1.807, 2.05) is 13.8 Å². The molecule has 0 aromatic rings. The molecule has 5 heteroatoms. The van der Waals surface area contributed by atoms with Crippen LogP contribution in [-0.2, 0) is 0 Å². The fourth-order valence-corrected chi connectivity index (χ4v) is 1.20. The van der Waals surface area contributed by atoms with E-state index in [2.05, 4.69) is 16.0 Å². The summed E-state index contributed by atoms with van der Waals surface area (Å²) in [6.45, 7) is 7.83. The largest absolute Gasteiger partial charge is 0.313 e. The number of hydrogen-bond acceptors (Lipinski definition) is 3. The molecule has 3 N–H and O–H groups in total. The lowest BCUT2D eigenvalue weighted by atomic mass is 10.2. The molecule has 0 aliphatic heterocycles. The van der Waals surface area contributed by atoms with Crippen LogP contribution in [0.4, 0.5) is 8.78 Å². The van der Waals surface area contributed by atoms with Crippen LogP contribution in [0.1, 0.15) is 27.7 Å². The number of likely N-dealkylation sites (N-methyl/N-ethyl adjacent to an activating group) is 2. The Balaban J connectivity index is 3.90. The molecule has 0 rings (SSSR count). The van der Waals surface area contributed by atoms with Crippen LogP contribution < -0.4 is 16.0 Å². The summed E-state index contributed by atoms with van der Waals surface area (Å²) in [7, 11) is 0. The smallest absolute Gasteiger partial charge is 0.171 e. The third-order valence-electron chi connectivity index (χ3n) is 2.04. The molecule has 0 radical (unpaired) electrons. The summed E-state index contributed by atoms with van der Waals surface area (Å²) < 4.78 is 27.3. The van der Waals surface area contributed by atoms with Gasteiger partial charge in [-0.05, 0) is 26.9 Å². The molecule has 15 heavy (non-hydrogen) atoms. The van der Waals surface area contributed by atoms with Crippen molar-refractivity contribution in [3.05, 3.63) is 0 Å². The van der Waals surface area contributed by atoms with Crippen LogP contribution in [0.3, 0.4) is 0 Å². The zero-order valence-corrected chi connectivity index (χ0v) is 10.1. The van der Waals surface area contributed by atoms with E-state index in [1.54, 1.807) is 0 Å². The highest BCUT2D eigenvalue weighted by molar-refractivity contribution is 4.80. The molecule has 2 unspecified atom stereocenters. The van der Waals surface area contributed by atoms with Gasteiger partial charge in [-0.15, -0.1) is 0 Å². The van der Waals surface area contributed by atoms with Crippen molar-refractivity contribution < 1.29 is 8.78 Å². The Morgan fingerprint density at radius 3 is 1.87 bits per heavy atom. The van der Waals surface area contributed by atoms with Crippen LogP contribution in [0.5, 0.6) is 0 Å². The van der Waals surface area contributed by atoms with Gasteiger partial charge in [0.1, 0.15) is 0 Å². The molecule has 92 valence electrons.